The van der Waals surface area contributed by atoms with Gasteiger partial charge in [0.05, 0.1) is 10.6 Å². The molecule has 0 aliphatic heterocycles. The Labute approximate surface area is 182 Å². The number of aliphatic imine (C=N–C) groups is 1. The summed E-state index contributed by atoms with van der Waals surface area (Å²) in [5.74, 6) is 0.610. The fourth-order valence-electron chi connectivity index (χ4n) is 2.92. The van der Waals surface area contributed by atoms with Gasteiger partial charge in [-0.1, -0.05) is 36.4 Å². The summed E-state index contributed by atoms with van der Waals surface area (Å²) in [6, 6.07) is 16.7. The summed E-state index contributed by atoms with van der Waals surface area (Å²) in [5, 5.41) is 7.51. The van der Waals surface area contributed by atoms with Gasteiger partial charge < -0.3 is 15.6 Å². The van der Waals surface area contributed by atoms with Gasteiger partial charge in [0.25, 0.3) is 0 Å². The summed E-state index contributed by atoms with van der Waals surface area (Å²) in [4.78, 5) is 7.76. The molecule has 0 amide bonds. The summed E-state index contributed by atoms with van der Waals surface area (Å²) >= 11 is 0. The molecule has 150 valence electrons. The largest absolute Gasteiger partial charge is 0.361 e. The molecule has 0 saturated heterocycles. The van der Waals surface area contributed by atoms with Crippen molar-refractivity contribution in [2.45, 2.75) is 11.3 Å². The van der Waals surface area contributed by atoms with Crippen molar-refractivity contribution in [3.63, 3.8) is 0 Å². The third-order valence-electron chi connectivity index (χ3n) is 4.35. The number of nitrogens with zero attached hydrogens (tertiary/aromatic N) is 1. The van der Waals surface area contributed by atoms with Gasteiger partial charge in [-0.15, -0.1) is 24.0 Å². The van der Waals surface area contributed by atoms with E-state index in [-0.39, 0.29) is 29.7 Å². The highest BCUT2D eigenvalue weighted by Crippen LogP contribution is 2.17. The number of aromatic nitrogens is 1. The van der Waals surface area contributed by atoms with Crippen LogP contribution in [0.2, 0.25) is 0 Å². The minimum atomic E-state index is -3.29. The van der Waals surface area contributed by atoms with Gasteiger partial charge in [-0.2, -0.15) is 0 Å². The minimum absolute atomic E-state index is 0. The molecule has 2 aromatic carbocycles. The van der Waals surface area contributed by atoms with E-state index in [1.807, 2.05) is 18.3 Å². The van der Waals surface area contributed by atoms with E-state index in [0.717, 1.165) is 11.9 Å². The third-order valence-corrected chi connectivity index (χ3v) is 6.08. The van der Waals surface area contributed by atoms with E-state index in [1.54, 1.807) is 37.4 Å². The molecule has 0 radical (unpaired) electrons. The molecule has 0 atom stereocenters. The molecule has 0 aliphatic carbocycles. The molecule has 1 aromatic heterocycles. The maximum atomic E-state index is 12.3. The van der Waals surface area contributed by atoms with Gasteiger partial charge >= 0.3 is 0 Å². The number of hydrogen-bond donors (Lipinski definition) is 3. The molecule has 3 N–H and O–H groups in total. The van der Waals surface area contributed by atoms with Crippen molar-refractivity contribution in [2.75, 3.05) is 25.9 Å². The van der Waals surface area contributed by atoms with Crippen molar-refractivity contribution in [1.82, 2.24) is 15.6 Å². The minimum Gasteiger partial charge on any atom is -0.361 e. The monoisotopic (exact) mass is 512 g/mol. The maximum absolute atomic E-state index is 12.3. The number of para-hydroxylation sites is 1. The lowest BCUT2D eigenvalue weighted by molar-refractivity contribution is 0.594. The van der Waals surface area contributed by atoms with E-state index >= 15 is 0 Å². The first-order chi connectivity index (χ1) is 13.1. The number of halogens is 1. The predicted octanol–water partition coefficient (Wildman–Crippen LogP) is 2.97. The molecule has 0 bridgehead atoms. The quantitative estimate of drug-likeness (QED) is 0.258. The standard InChI is InChI=1S/C20H24N4O2S.HI/c1-21-20(23-13-14-27(25,26)17-7-3-2-4-8-17)22-12-11-16-15-24-19-10-6-5-9-18(16)19;/h2-10,15,24H,11-14H2,1H3,(H2,21,22,23);1H. The summed E-state index contributed by atoms with van der Waals surface area (Å²) in [7, 11) is -1.62. The van der Waals surface area contributed by atoms with Crippen LogP contribution in [0.3, 0.4) is 0 Å². The van der Waals surface area contributed by atoms with Gasteiger partial charge in [0.1, 0.15) is 0 Å². The van der Waals surface area contributed by atoms with Gasteiger partial charge in [0.2, 0.25) is 0 Å². The van der Waals surface area contributed by atoms with Crippen molar-refractivity contribution in [1.29, 1.82) is 0 Å². The van der Waals surface area contributed by atoms with Gasteiger partial charge in [0.15, 0.2) is 15.8 Å². The molecule has 0 aliphatic rings. The van der Waals surface area contributed by atoms with Crippen LogP contribution < -0.4 is 10.6 Å². The molecular weight excluding hydrogens is 487 g/mol. The van der Waals surface area contributed by atoms with Crippen LogP contribution in [0.4, 0.5) is 0 Å². The average Bonchev–Trinajstić information content (AvgIpc) is 3.10. The van der Waals surface area contributed by atoms with E-state index in [2.05, 4.69) is 32.7 Å². The van der Waals surface area contributed by atoms with Crippen LogP contribution in [0.1, 0.15) is 5.56 Å². The normalized spacial score (nSPS) is 11.8. The second-order valence-corrected chi connectivity index (χ2v) is 8.28. The van der Waals surface area contributed by atoms with Crippen LogP contribution in [0.5, 0.6) is 0 Å². The van der Waals surface area contributed by atoms with Crippen LogP contribution in [0, 0.1) is 0 Å². The molecule has 3 aromatic rings. The van der Waals surface area contributed by atoms with E-state index in [4.69, 9.17) is 0 Å². The highest BCUT2D eigenvalue weighted by atomic mass is 127. The number of guanidine groups is 1. The number of nitrogens with one attached hydrogen (secondary N) is 3. The Kier molecular flexibility index (Phi) is 8.31. The van der Waals surface area contributed by atoms with Crippen LogP contribution in [-0.4, -0.2) is 45.3 Å². The summed E-state index contributed by atoms with van der Waals surface area (Å²) < 4.78 is 24.6. The zero-order chi connectivity index (χ0) is 19.1. The Bertz CT molecular complexity index is 1020. The Hall–Kier alpha value is -2.07. The van der Waals surface area contributed by atoms with E-state index < -0.39 is 9.84 Å². The van der Waals surface area contributed by atoms with E-state index in [0.29, 0.717) is 23.9 Å². The van der Waals surface area contributed by atoms with Crippen LogP contribution >= 0.6 is 24.0 Å². The maximum Gasteiger partial charge on any atom is 0.191 e. The van der Waals surface area contributed by atoms with Crippen LogP contribution in [-0.2, 0) is 16.3 Å². The predicted molar refractivity (Wildman–Crippen MR) is 125 cm³/mol. The topological polar surface area (TPSA) is 86.3 Å². The molecule has 28 heavy (non-hydrogen) atoms. The zero-order valence-electron chi connectivity index (χ0n) is 15.7. The van der Waals surface area contributed by atoms with Crippen LogP contribution in [0.25, 0.3) is 10.9 Å². The number of fused-ring (bicyclic) bond motifs is 1. The summed E-state index contributed by atoms with van der Waals surface area (Å²) in [6.07, 6.45) is 2.86. The molecule has 1 heterocycles. The molecule has 0 spiro atoms. The number of rotatable bonds is 7. The second-order valence-electron chi connectivity index (χ2n) is 6.17. The zero-order valence-corrected chi connectivity index (χ0v) is 18.8. The Morgan fingerprint density at radius 3 is 2.43 bits per heavy atom. The molecule has 0 saturated carbocycles. The van der Waals surface area contributed by atoms with Crippen molar-refractivity contribution >= 4 is 50.7 Å². The third kappa shape index (κ3) is 5.71. The van der Waals surface area contributed by atoms with E-state index in [1.165, 1.54) is 10.9 Å². The van der Waals surface area contributed by atoms with E-state index in [9.17, 15) is 8.42 Å². The molecule has 0 unspecified atom stereocenters. The number of benzene rings is 2. The molecular formula is C20H25IN4O2S. The Morgan fingerprint density at radius 2 is 1.68 bits per heavy atom. The Morgan fingerprint density at radius 1 is 1.00 bits per heavy atom. The van der Waals surface area contributed by atoms with Crippen molar-refractivity contribution in [3.05, 3.63) is 66.4 Å². The first-order valence-corrected chi connectivity index (χ1v) is 10.5. The lowest BCUT2D eigenvalue weighted by Gasteiger charge is -2.12. The molecule has 6 nitrogen and oxygen atoms in total. The first kappa shape index (κ1) is 22.2. The molecule has 8 heteroatoms. The fourth-order valence-corrected chi connectivity index (χ4v) is 4.10. The van der Waals surface area contributed by atoms with Gasteiger partial charge in [-0.05, 0) is 30.2 Å². The van der Waals surface area contributed by atoms with Gasteiger partial charge in [-0.3, -0.25) is 4.99 Å². The van der Waals surface area contributed by atoms with Crippen molar-refractivity contribution < 1.29 is 8.42 Å². The molecule has 3 rings (SSSR count). The van der Waals surface area contributed by atoms with Gasteiger partial charge in [-0.25, -0.2) is 8.42 Å². The SMILES string of the molecule is CN=C(NCCc1c[nH]c2ccccc12)NCCS(=O)(=O)c1ccccc1.I. The summed E-state index contributed by atoms with van der Waals surface area (Å²) in [5.41, 5.74) is 2.36. The highest BCUT2D eigenvalue weighted by molar-refractivity contribution is 14.0. The second kappa shape index (κ2) is 10.5. The van der Waals surface area contributed by atoms with Crippen LogP contribution in [0.15, 0.2) is 70.7 Å². The average molecular weight is 512 g/mol. The van der Waals surface area contributed by atoms with Gasteiger partial charge in [0, 0.05) is 37.2 Å². The highest BCUT2D eigenvalue weighted by Gasteiger charge is 2.13. The molecule has 0 fully saturated rings. The summed E-state index contributed by atoms with van der Waals surface area (Å²) in [6.45, 7) is 0.997. The smallest absolute Gasteiger partial charge is 0.191 e. The number of hydrogen-bond acceptors (Lipinski definition) is 3. The van der Waals surface area contributed by atoms with Crippen molar-refractivity contribution in [2.24, 2.45) is 4.99 Å². The Balaban J connectivity index is 0.00000280. The number of H-pyrrole nitrogens is 1. The fraction of sp³-hybridized carbons (Fsp3) is 0.250. The lowest BCUT2D eigenvalue weighted by atomic mass is 10.1. The number of sulfone groups is 1. The first-order valence-electron chi connectivity index (χ1n) is 8.87. The lowest BCUT2D eigenvalue weighted by Crippen LogP contribution is -2.40. The number of aromatic amines is 1. The van der Waals surface area contributed by atoms with Crippen molar-refractivity contribution in [3.8, 4) is 0 Å².